The van der Waals surface area contributed by atoms with Crippen LogP contribution in [0.1, 0.15) is 26.3 Å². The van der Waals surface area contributed by atoms with E-state index in [1.165, 1.54) is 0 Å². The molecule has 0 bridgehead atoms. The minimum atomic E-state index is -0.491. The lowest BCUT2D eigenvalue weighted by Crippen LogP contribution is -2.38. The molecule has 3 nitrogen and oxygen atoms in total. The van der Waals surface area contributed by atoms with Gasteiger partial charge in [0.05, 0.1) is 17.7 Å². The molecule has 18 heavy (non-hydrogen) atoms. The van der Waals surface area contributed by atoms with Crippen molar-refractivity contribution in [3.05, 3.63) is 28.8 Å². The van der Waals surface area contributed by atoms with Gasteiger partial charge in [-0.3, -0.25) is 5.32 Å². The Morgan fingerprint density at radius 3 is 2.72 bits per heavy atom. The van der Waals surface area contributed by atoms with Crippen LogP contribution < -0.4 is 10.1 Å². The zero-order valence-corrected chi connectivity index (χ0v) is 11.8. The van der Waals surface area contributed by atoms with Crippen molar-refractivity contribution in [3.63, 3.8) is 0 Å². The van der Waals surface area contributed by atoms with Gasteiger partial charge in [0.2, 0.25) is 0 Å². The lowest BCUT2D eigenvalue weighted by atomic mass is 10.1. The molecule has 0 aliphatic carbocycles. The minimum absolute atomic E-state index is 0.491. The minimum Gasteiger partial charge on any atom is -0.492 e. The molecular formula is C14H19ClN2O. The first kappa shape index (κ1) is 14.8. The largest absolute Gasteiger partial charge is 0.492 e. The number of nitrogens with one attached hydrogen (secondary N) is 1. The Morgan fingerprint density at radius 1 is 1.44 bits per heavy atom. The Labute approximate surface area is 114 Å². The molecule has 0 saturated carbocycles. The smallest absolute Gasteiger partial charge is 0.137 e. The van der Waals surface area contributed by atoms with E-state index in [0.717, 1.165) is 18.5 Å². The molecule has 1 aromatic carbocycles. The summed E-state index contributed by atoms with van der Waals surface area (Å²) in [5.74, 6) is 0.716. The summed E-state index contributed by atoms with van der Waals surface area (Å²) in [6, 6.07) is 8.00. The van der Waals surface area contributed by atoms with Crippen LogP contribution in [0, 0.1) is 11.3 Å². The summed E-state index contributed by atoms with van der Waals surface area (Å²) in [6.07, 6.45) is 0.831. The van der Waals surface area contributed by atoms with Crippen LogP contribution in [0.4, 0.5) is 0 Å². The molecule has 0 amide bonds. The first-order valence-corrected chi connectivity index (χ1v) is 6.44. The standard InChI is InChI=1S/C14H19ClN2O/c1-4-18-13-6-5-11(9-12(13)15)7-8-17-14(2,3)10-16/h5-6,9,17H,4,7-8H2,1-3H3. The van der Waals surface area contributed by atoms with Gasteiger partial charge in [-0.15, -0.1) is 0 Å². The molecule has 0 atom stereocenters. The molecule has 0 aliphatic heterocycles. The van der Waals surface area contributed by atoms with Crippen LogP contribution in [0.15, 0.2) is 18.2 Å². The summed E-state index contributed by atoms with van der Waals surface area (Å²) in [6.45, 7) is 7.00. The predicted octanol–water partition coefficient (Wildman–Crippen LogP) is 3.17. The van der Waals surface area contributed by atoms with Gasteiger partial charge in [0, 0.05) is 6.54 Å². The van der Waals surface area contributed by atoms with Gasteiger partial charge in [-0.2, -0.15) is 5.26 Å². The third-order valence-electron chi connectivity index (χ3n) is 2.56. The van der Waals surface area contributed by atoms with Gasteiger partial charge in [0.25, 0.3) is 0 Å². The normalized spacial score (nSPS) is 11.1. The van der Waals surface area contributed by atoms with Crippen molar-refractivity contribution in [2.24, 2.45) is 0 Å². The Kier molecular flexibility index (Phi) is 5.46. The van der Waals surface area contributed by atoms with Crippen LogP contribution >= 0.6 is 11.6 Å². The highest BCUT2D eigenvalue weighted by atomic mass is 35.5. The fraction of sp³-hybridized carbons (Fsp3) is 0.500. The highest BCUT2D eigenvalue weighted by Gasteiger charge is 2.14. The second-order valence-corrected chi connectivity index (χ2v) is 5.02. The van der Waals surface area contributed by atoms with Crippen LogP contribution in [0.3, 0.4) is 0 Å². The number of benzene rings is 1. The van der Waals surface area contributed by atoms with Gasteiger partial charge in [-0.25, -0.2) is 0 Å². The van der Waals surface area contributed by atoms with Gasteiger partial charge < -0.3 is 4.74 Å². The van der Waals surface area contributed by atoms with Crippen molar-refractivity contribution in [2.45, 2.75) is 32.7 Å². The van der Waals surface area contributed by atoms with Crippen molar-refractivity contribution in [3.8, 4) is 11.8 Å². The molecule has 0 aliphatic rings. The Morgan fingerprint density at radius 2 is 2.17 bits per heavy atom. The number of nitrogens with zero attached hydrogens (tertiary/aromatic N) is 1. The van der Waals surface area contributed by atoms with Crippen molar-refractivity contribution in [1.29, 1.82) is 5.26 Å². The first-order valence-electron chi connectivity index (χ1n) is 6.06. The lowest BCUT2D eigenvalue weighted by molar-refractivity contribution is 0.340. The molecule has 0 unspecified atom stereocenters. The Bertz CT molecular complexity index is 438. The molecule has 4 heteroatoms. The van der Waals surface area contributed by atoms with Crippen molar-refractivity contribution < 1.29 is 4.74 Å². The van der Waals surface area contributed by atoms with E-state index < -0.39 is 5.54 Å². The van der Waals surface area contributed by atoms with Crippen LogP contribution in [-0.2, 0) is 6.42 Å². The maximum Gasteiger partial charge on any atom is 0.137 e. The number of rotatable bonds is 6. The summed E-state index contributed by atoms with van der Waals surface area (Å²) in [5.41, 5.74) is 0.638. The number of hydrogen-bond donors (Lipinski definition) is 1. The number of hydrogen-bond acceptors (Lipinski definition) is 3. The Balaban J connectivity index is 2.54. The van der Waals surface area contributed by atoms with E-state index in [4.69, 9.17) is 21.6 Å². The predicted molar refractivity (Wildman–Crippen MR) is 74.0 cm³/mol. The maximum absolute atomic E-state index is 8.88. The van der Waals surface area contributed by atoms with Crippen LogP contribution in [-0.4, -0.2) is 18.7 Å². The topological polar surface area (TPSA) is 45.0 Å². The fourth-order valence-corrected chi connectivity index (χ4v) is 1.79. The second-order valence-electron chi connectivity index (χ2n) is 4.61. The van der Waals surface area contributed by atoms with E-state index in [1.54, 1.807) is 0 Å². The van der Waals surface area contributed by atoms with Crippen molar-refractivity contribution in [2.75, 3.05) is 13.2 Å². The molecule has 0 radical (unpaired) electrons. The highest BCUT2D eigenvalue weighted by molar-refractivity contribution is 6.32. The van der Waals surface area contributed by atoms with E-state index in [-0.39, 0.29) is 0 Å². The molecule has 1 aromatic rings. The van der Waals surface area contributed by atoms with Gasteiger partial charge in [0.15, 0.2) is 0 Å². The van der Waals surface area contributed by atoms with Crippen molar-refractivity contribution in [1.82, 2.24) is 5.32 Å². The first-order chi connectivity index (χ1) is 8.48. The molecule has 0 heterocycles. The third kappa shape index (κ3) is 4.56. The number of nitriles is 1. The molecular weight excluding hydrogens is 248 g/mol. The van der Waals surface area contributed by atoms with Gasteiger partial charge in [-0.05, 0) is 44.9 Å². The number of ether oxygens (including phenoxy) is 1. The zero-order valence-electron chi connectivity index (χ0n) is 11.1. The van der Waals surface area contributed by atoms with E-state index in [2.05, 4.69) is 11.4 Å². The van der Waals surface area contributed by atoms with Gasteiger partial charge >= 0.3 is 0 Å². The number of halogens is 1. The van der Waals surface area contributed by atoms with E-state index >= 15 is 0 Å². The molecule has 0 saturated heterocycles. The fourth-order valence-electron chi connectivity index (χ4n) is 1.53. The monoisotopic (exact) mass is 266 g/mol. The van der Waals surface area contributed by atoms with E-state index in [1.807, 2.05) is 39.0 Å². The summed E-state index contributed by atoms with van der Waals surface area (Å²) >= 11 is 6.11. The maximum atomic E-state index is 8.88. The molecule has 0 fully saturated rings. The van der Waals surface area contributed by atoms with Gasteiger partial charge in [0.1, 0.15) is 11.3 Å². The van der Waals surface area contributed by atoms with Crippen molar-refractivity contribution >= 4 is 11.6 Å². The molecule has 0 spiro atoms. The van der Waals surface area contributed by atoms with Crippen LogP contribution in [0.5, 0.6) is 5.75 Å². The molecule has 1 rings (SSSR count). The summed E-state index contributed by atoms with van der Waals surface area (Å²) in [7, 11) is 0. The Hall–Kier alpha value is -1.24. The zero-order chi connectivity index (χ0) is 13.6. The second kappa shape index (κ2) is 6.63. The summed E-state index contributed by atoms with van der Waals surface area (Å²) in [5, 5.41) is 12.7. The average Bonchev–Trinajstić information content (AvgIpc) is 2.32. The quantitative estimate of drug-likeness (QED) is 0.860. The van der Waals surface area contributed by atoms with E-state index in [9.17, 15) is 0 Å². The third-order valence-corrected chi connectivity index (χ3v) is 2.85. The highest BCUT2D eigenvalue weighted by Crippen LogP contribution is 2.25. The SMILES string of the molecule is CCOc1ccc(CCNC(C)(C)C#N)cc1Cl. The lowest BCUT2D eigenvalue weighted by Gasteiger charge is -2.17. The summed E-state index contributed by atoms with van der Waals surface area (Å²) in [4.78, 5) is 0. The average molecular weight is 267 g/mol. The molecule has 98 valence electrons. The van der Waals surface area contributed by atoms with Crippen LogP contribution in [0.2, 0.25) is 5.02 Å². The molecule has 1 N–H and O–H groups in total. The van der Waals surface area contributed by atoms with Crippen LogP contribution in [0.25, 0.3) is 0 Å². The van der Waals surface area contributed by atoms with E-state index in [0.29, 0.717) is 17.4 Å². The molecule has 0 aromatic heterocycles. The summed E-state index contributed by atoms with van der Waals surface area (Å²) < 4.78 is 5.38. The van der Waals surface area contributed by atoms with Gasteiger partial charge in [-0.1, -0.05) is 17.7 Å².